The van der Waals surface area contributed by atoms with E-state index in [-0.39, 0.29) is 5.91 Å². The average Bonchev–Trinajstić information content (AvgIpc) is 3.30. The van der Waals surface area contributed by atoms with Crippen molar-refractivity contribution in [3.05, 3.63) is 54.0 Å². The van der Waals surface area contributed by atoms with Crippen molar-refractivity contribution >= 4 is 22.8 Å². The first-order valence-corrected chi connectivity index (χ1v) is 8.69. The Balaban J connectivity index is 1.49. The number of aromatic amines is 1. The largest absolute Gasteiger partial charge is 0.354 e. The molecule has 3 aromatic rings. The molecule has 1 atom stereocenters. The molecule has 8 nitrogen and oxygen atoms in total. The minimum atomic E-state index is -0.565. The second-order valence-corrected chi connectivity index (χ2v) is 6.82. The van der Waals surface area contributed by atoms with Gasteiger partial charge < -0.3 is 20.9 Å². The van der Waals surface area contributed by atoms with Crippen molar-refractivity contribution in [2.75, 3.05) is 24.5 Å². The van der Waals surface area contributed by atoms with Gasteiger partial charge in [-0.25, -0.2) is 9.97 Å². The number of aromatic nitrogens is 3. The third-order valence-corrected chi connectivity index (χ3v) is 4.89. The molecule has 0 spiro atoms. The van der Waals surface area contributed by atoms with Crippen LogP contribution >= 0.6 is 0 Å². The highest BCUT2D eigenvalue weighted by Crippen LogP contribution is 2.30. The molecular weight excluding hydrogens is 342 g/mol. The molecular formula is C19H19N7O. The van der Waals surface area contributed by atoms with E-state index in [1.807, 2.05) is 23.1 Å². The maximum absolute atomic E-state index is 12.3. The SMILES string of the molecule is N#Cc1c[nH]c2ncnc(N3CC[C@](N)(CNC(=O)c4ccccc4)C3)c12. The first-order valence-electron chi connectivity index (χ1n) is 8.69. The summed E-state index contributed by atoms with van der Waals surface area (Å²) in [7, 11) is 0. The van der Waals surface area contributed by atoms with E-state index in [0.717, 1.165) is 0 Å². The fraction of sp³-hybridized carbons (Fsp3) is 0.263. The third kappa shape index (κ3) is 3.20. The van der Waals surface area contributed by atoms with Gasteiger partial charge in [-0.2, -0.15) is 5.26 Å². The zero-order valence-electron chi connectivity index (χ0n) is 14.6. The van der Waals surface area contributed by atoms with Crippen molar-refractivity contribution in [1.29, 1.82) is 5.26 Å². The molecule has 0 bridgehead atoms. The van der Waals surface area contributed by atoms with Crippen LogP contribution < -0.4 is 16.0 Å². The maximum Gasteiger partial charge on any atom is 0.251 e. The zero-order valence-corrected chi connectivity index (χ0v) is 14.6. The van der Waals surface area contributed by atoms with Crippen molar-refractivity contribution in [3.8, 4) is 6.07 Å². The van der Waals surface area contributed by atoms with Crippen LogP contribution in [-0.2, 0) is 0 Å². The smallest absolute Gasteiger partial charge is 0.251 e. The van der Waals surface area contributed by atoms with Crippen LogP contribution in [0.5, 0.6) is 0 Å². The van der Waals surface area contributed by atoms with Crippen LogP contribution in [0.2, 0.25) is 0 Å². The lowest BCUT2D eigenvalue weighted by Crippen LogP contribution is -2.52. The number of benzene rings is 1. The molecule has 1 aliphatic rings. The summed E-state index contributed by atoms with van der Waals surface area (Å²) in [4.78, 5) is 25.9. The molecule has 8 heteroatoms. The number of hydrogen-bond donors (Lipinski definition) is 3. The van der Waals surface area contributed by atoms with Crippen molar-refractivity contribution in [2.45, 2.75) is 12.0 Å². The summed E-state index contributed by atoms with van der Waals surface area (Å²) in [6.07, 6.45) is 3.82. The third-order valence-electron chi connectivity index (χ3n) is 4.89. The summed E-state index contributed by atoms with van der Waals surface area (Å²) in [6, 6.07) is 11.2. The highest BCUT2D eigenvalue weighted by atomic mass is 16.1. The number of hydrogen-bond acceptors (Lipinski definition) is 6. The molecule has 1 amide bonds. The van der Waals surface area contributed by atoms with Gasteiger partial charge >= 0.3 is 0 Å². The molecule has 136 valence electrons. The maximum atomic E-state index is 12.3. The van der Waals surface area contributed by atoms with Gasteiger partial charge in [0.05, 0.1) is 16.5 Å². The van der Waals surface area contributed by atoms with Crippen LogP contribution in [0.3, 0.4) is 0 Å². The van der Waals surface area contributed by atoms with Crippen molar-refractivity contribution < 1.29 is 4.79 Å². The van der Waals surface area contributed by atoms with E-state index in [9.17, 15) is 10.1 Å². The number of anilines is 1. The Kier molecular flexibility index (Phi) is 4.22. The molecule has 0 unspecified atom stereocenters. The number of H-pyrrole nitrogens is 1. The number of carbonyl (C=O) groups is 1. The minimum Gasteiger partial charge on any atom is -0.354 e. The van der Waals surface area contributed by atoms with Gasteiger partial charge in [0.2, 0.25) is 0 Å². The van der Waals surface area contributed by atoms with Crippen molar-refractivity contribution in [1.82, 2.24) is 20.3 Å². The first-order chi connectivity index (χ1) is 13.1. The number of nitriles is 1. The molecule has 0 radical (unpaired) electrons. The summed E-state index contributed by atoms with van der Waals surface area (Å²) < 4.78 is 0. The Morgan fingerprint density at radius 3 is 2.96 bits per heavy atom. The second kappa shape index (κ2) is 6.70. The predicted molar refractivity (Wildman–Crippen MR) is 101 cm³/mol. The quantitative estimate of drug-likeness (QED) is 0.641. The predicted octanol–water partition coefficient (Wildman–Crippen LogP) is 1.17. The molecule has 1 aliphatic heterocycles. The summed E-state index contributed by atoms with van der Waals surface area (Å²) in [5.41, 5.74) is 7.71. The van der Waals surface area contributed by atoms with Crippen molar-refractivity contribution in [2.24, 2.45) is 5.73 Å². The monoisotopic (exact) mass is 361 g/mol. The lowest BCUT2D eigenvalue weighted by atomic mass is 10.00. The molecule has 0 aliphatic carbocycles. The number of nitrogens with one attached hydrogen (secondary N) is 2. The van der Waals surface area contributed by atoms with E-state index in [1.165, 1.54) is 6.33 Å². The van der Waals surface area contributed by atoms with Crippen LogP contribution in [0.4, 0.5) is 5.82 Å². The molecule has 1 fully saturated rings. The fourth-order valence-corrected chi connectivity index (χ4v) is 3.44. The molecule has 4 N–H and O–H groups in total. The normalized spacial score (nSPS) is 19.2. The topological polar surface area (TPSA) is 124 Å². The van der Waals surface area contributed by atoms with E-state index in [1.54, 1.807) is 18.3 Å². The van der Waals surface area contributed by atoms with E-state index in [2.05, 4.69) is 26.3 Å². The second-order valence-electron chi connectivity index (χ2n) is 6.82. The Morgan fingerprint density at radius 2 is 2.19 bits per heavy atom. The highest BCUT2D eigenvalue weighted by Gasteiger charge is 2.36. The molecule has 2 aromatic heterocycles. The molecule has 4 rings (SSSR count). The number of carbonyl (C=O) groups excluding carboxylic acids is 1. The summed E-state index contributed by atoms with van der Waals surface area (Å²) in [5.74, 6) is 0.556. The molecule has 0 saturated carbocycles. The fourth-order valence-electron chi connectivity index (χ4n) is 3.44. The van der Waals surface area contributed by atoms with E-state index in [0.29, 0.717) is 54.0 Å². The zero-order chi connectivity index (χ0) is 18.9. The van der Waals surface area contributed by atoms with Crippen LogP contribution in [0.15, 0.2) is 42.9 Å². The van der Waals surface area contributed by atoms with Crippen molar-refractivity contribution in [3.63, 3.8) is 0 Å². The van der Waals surface area contributed by atoms with Gasteiger partial charge in [0.1, 0.15) is 23.9 Å². The van der Waals surface area contributed by atoms with Gasteiger partial charge in [-0.05, 0) is 18.6 Å². The summed E-state index contributed by atoms with van der Waals surface area (Å²) in [6.45, 7) is 1.59. The molecule has 1 saturated heterocycles. The number of amides is 1. The number of rotatable bonds is 4. The van der Waals surface area contributed by atoms with Gasteiger partial charge in [0, 0.05) is 31.4 Å². The number of nitrogens with two attached hydrogens (primary N) is 1. The van der Waals surface area contributed by atoms with E-state index >= 15 is 0 Å². The Bertz CT molecular complexity index is 1020. The molecule has 3 heterocycles. The molecule has 1 aromatic carbocycles. The summed E-state index contributed by atoms with van der Waals surface area (Å²) in [5, 5.41) is 13.0. The Morgan fingerprint density at radius 1 is 1.37 bits per heavy atom. The summed E-state index contributed by atoms with van der Waals surface area (Å²) >= 11 is 0. The number of fused-ring (bicyclic) bond motifs is 1. The standard InChI is InChI=1S/C19H19N7O/c20-8-14-9-22-16-15(14)17(25-12-24-16)26-7-6-19(21,11-26)10-23-18(27)13-4-2-1-3-5-13/h1-5,9,12H,6-7,10-11,21H2,(H,23,27)(H,22,24,25)/t19-/m0/s1. The Hall–Kier alpha value is -3.44. The lowest BCUT2D eigenvalue weighted by Gasteiger charge is -2.25. The van der Waals surface area contributed by atoms with Gasteiger partial charge in [-0.3, -0.25) is 4.79 Å². The highest BCUT2D eigenvalue weighted by molar-refractivity contribution is 5.94. The minimum absolute atomic E-state index is 0.138. The van der Waals surface area contributed by atoms with Crippen LogP contribution in [-0.4, -0.2) is 46.0 Å². The van der Waals surface area contributed by atoms with E-state index < -0.39 is 5.54 Å². The van der Waals surface area contributed by atoms with Crippen LogP contribution in [0.1, 0.15) is 22.3 Å². The number of nitrogens with zero attached hydrogens (tertiary/aromatic N) is 4. The van der Waals surface area contributed by atoms with Gasteiger partial charge in [0.25, 0.3) is 5.91 Å². The van der Waals surface area contributed by atoms with Crippen LogP contribution in [0.25, 0.3) is 11.0 Å². The van der Waals surface area contributed by atoms with Crippen LogP contribution in [0, 0.1) is 11.3 Å². The lowest BCUT2D eigenvalue weighted by molar-refractivity contribution is 0.0945. The van der Waals surface area contributed by atoms with Gasteiger partial charge in [0.15, 0.2) is 0 Å². The first kappa shape index (κ1) is 17.0. The molecule has 27 heavy (non-hydrogen) atoms. The van der Waals surface area contributed by atoms with Gasteiger partial charge in [-0.15, -0.1) is 0 Å². The van der Waals surface area contributed by atoms with E-state index in [4.69, 9.17) is 5.73 Å². The average molecular weight is 361 g/mol. The van der Waals surface area contributed by atoms with Gasteiger partial charge in [-0.1, -0.05) is 18.2 Å². The Labute approximate surface area is 156 Å².